The van der Waals surface area contributed by atoms with E-state index in [4.69, 9.17) is 4.74 Å². The second-order valence-electron chi connectivity index (χ2n) is 5.94. The number of amides is 1. The van der Waals surface area contributed by atoms with Gasteiger partial charge in [-0.25, -0.2) is 9.97 Å². The van der Waals surface area contributed by atoms with E-state index in [1.54, 1.807) is 36.4 Å². The van der Waals surface area contributed by atoms with Crippen molar-refractivity contribution < 1.29 is 14.3 Å². The lowest BCUT2D eigenvalue weighted by atomic mass is 10.0. The van der Waals surface area contributed by atoms with Crippen LogP contribution in [-0.2, 0) is 11.3 Å². The van der Waals surface area contributed by atoms with Gasteiger partial charge in [-0.05, 0) is 37.3 Å². The van der Waals surface area contributed by atoms with Crippen LogP contribution in [0, 0.1) is 6.92 Å². The zero-order valence-electron chi connectivity index (χ0n) is 14.9. The Bertz CT molecular complexity index is 925. The van der Waals surface area contributed by atoms with Gasteiger partial charge in [-0.1, -0.05) is 30.3 Å². The predicted molar refractivity (Wildman–Crippen MR) is 100 cm³/mol. The van der Waals surface area contributed by atoms with Gasteiger partial charge in [-0.3, -0.25) is 9.59 Å². The fourth-order valence-corrected chi connectivity index (χ4v) is 2.45. The Labute approximate surface area is 157 Å². The zero-order valence-corrected chi connectivity index (χ0v) is 14.9. The second-order valence-corrected chi connectivity index (χ2v) is 5.94. The van der Waals surface area contributed by atoms with Crippen molar-refractivity contribution >= 4 is 11.7 Å². The molecular formula is C21H19N3O3. The molecule has 0 aliphatic rings. The molecule has 0 saturated carbocycles. The van der Waals surface area contributed by atoms with Gasteiger partial charge in [0, 0.05) is 16.8 Å². The van der Waals surface area contributed by atoms with Crippen LogP contribution in [0.25, 0.3) is 0 Å². The number of nitrogens with zero attached hydrogens (tertiary/aromatic N) is 2. The van der Waals surface area contributed by atoms with E-state index in [1.165, 1.54) is 6.33 Å². The third kappa shape index (κ3) is 5.22. The van der Waals surface area contributed by atoms with Crippen LogP contribution in [-0.4, -0.2) is 28.3 Å². The van der Waals surface area contributed by atoms with Gasteiger partial charge >= 0.3 is 0 Å². The van der Waals surface area contributed by atoms with Crippen LogP contribution >= 0.6 is 0 Å². The zero-order chi connectivity index (χ0) is 19.1. The predicted octanol–water partition coefficient (Wildman–Crippen LogP) is 2.71. The minimum absolute atomic E-state index is 0.0555. The highest BCUT2D eigenvalue weighted by Crippen LogP contribution is 2.15. The molecule has 0 bridgehead atoms. The molecule has 0 unspecified atom stereocenters. The summed E-state index contributed by atoms with van der Waals surface area (Å²) in [6, 6.07) is 17.6. The minimum atomic E-state index is -0.254. The first-order chi connectivity index (χ1) is 13.1. The number of hydrogen-bond acceptors (Lipinski definition) is 5. The standard InChI is InChI=1S/C21H19N3O3/c1-15-11-18(24-14-23-15)12-22-20(25)13-27-19-9-7-17(8-10-19)21(26)16-5-3-2-4-6-16/h2-11,14H,12-13H2,1H3,(H,22,25). The van der Waals surface area contributed by atoms with Crippen LogP contribution in [0.1, 0.15) is 27.3 Å². The summed E-state index contributed by atoms with van der Waals surface area (Å²) in [4.78, 5) is 32.3. The van der Waals surface area contributed by atoms with Gasteiger partial charge in [0.15, 0.2) is 12.4 Å². The molecule has 0 aliphatic carbocycles. The number of aromatic nitrogens is 2. The van der Waals surface area contributed by atoms with Crippen molar-refractivity contribution in [1.82, 2.24) is 15.3 Å². The van der Waals surface area contributed by atoms with Crippen LogP contribution in [0.4, 0.5) is 0 Å². The fraction of sp³-hybridized carbons (Fsp3) is 0.143. The summed E-state index contributed by atoms with van der Waals surface area (Å²) in [6.07, 6.45) is 1.46. The van der Waals surface area contributed by atoms with Gasteiger partial charge in [0.05, 0.1) is 12.2 Å². The molecule has 0 radical (unpaired) electrons. The SMILES string of the molecule is Cc1cc(CNC(=O)COc2ccc(C(=O)c3ccccc3)cc2)ncn1. The lowest BCUT2D eigenvalue weighted by molar-refractivity contribution is -0.123. The topological polar surface area (TPSA) is 81.2 Å². The highest BCUT2D eigenvalue weighted by atomic mass is 16.5. The lowest BCUT2D eigenvalue weighted by Crippen LogP contribution is -2.28. The molecule has 0 fully saturated rings. The summed E-state index contributed by atoms with van der Waals surface area (Å²) < 4.78 is 5.46. The number of nitrogens with one attached hydrogen (secondary N) is 1. The monoisotopic (exact) mass is 361 g/mol. The third-order valence-corrected chi connectivity index (χ3v) is 3.85. The molecule has 6 nitrogen and oxygen atoms in total. The molecule has 3 aromatic rings. The van der Waals surface area contributed by atoms with Crippen LogP contribution in [0.5, 0.6) is 5.75 Å². The molecule has 2 aromatic carbocycles. The van der Waals surface area contributed by atoms with Crippen molar-refractivity contribution in [3.8, 4) is 5.75 Å². The van der Waals surface area contributed by atoms with Crippen molar-refractivity contribution in [3.05, 3.63) is 89.5 Å². The smallest absolute Gasteiger partial charge is 0.258 e. The third-order valence-electron chi connectivity index (χ3n) is 3.85. The maximum atomic E-state index is 12.4. The van der Waals surface area contributed by atoms with Crippen LogP contribution < -0.4 is 10.1 Å². The molecule has 1 N–H and O–H groups in total. The summed E-state index contributed by atoms with van der Waals surface area (Å²) in [5.41, 5.74) is 2.78. The number of carbonyl (C=O) groups excluding carboxylic acids is 2. The first kappa shape index (κ1) is 18.3. The first-order valence-corrected chi connectivity index (χ1v) is 8.48. The Morgan fingerprint density at radius 3 is 2.37 bits per heavy atom. The van der Waals surface area contributed by atoms with E-state index in [1.807, 2.05) is 31.2 Å². The summed E-state index contributed by atoms with van der Waals surface area (Å²) in [7, 11) is 0. The lowest BCUT2D eigenvalue weighted by Gasteiger charge is -2.08. The van der Waals surface area contributed by atoms with Gasteiger partial charge < -0.3 is 10.1 Å². The number of ether oxygens (including phenoxy) is 1. The summed E-state index contributed by atoms with van der Waals surface area (Å²) >= 11 is 0. The van der Waals surface area contributed by atoms with Crippen molar-refractivity contribution in [2.45, 2.75) is 13.5 Å². The molecule has 1 heterocycles. The van der Waals surface area contributed by atoms with E-state index in [-0.39, 0.29) is 18.3 Å². The van der Waals surface area contributed by atoms with E-state index in [0.717, 1.165) is 11.4 Å². The second kappa shape index (κ2) is 8.71. The van der Waals surface area contributed by atoms with Crippen molar-refractivity contribution in [2.24, 2.45) is 0 Å². The van der Waals surface area contributed by atoms with Crippen molar-refractivity contribution in [3.63, 3.8) is 0 Å². The fourth-order valence-electron chi connectivity index (χ4n) is 2.45. The Balaban J connectivity index is 1.49. The Morgan fingerprint density at radius 1 is 0.963 bits per heavy atom. The molecule has 0 saturated heterocycles. The van der Waals surface area contributed by atoms with Gasteiger partial charge in [0.1, 0.15) is 12.1 Å². The number of carbonyl (C=O) groups is 2. The average molecular weight is 361 g/mol. The van der Waals surface area contributed by atoms with E-state index in [9.17, 15) is 9.59 Å². The molecule has 27 heavy (non-hydrogen) atoms. The average Bonchev–Trinajstić information content (AvgIpc) is 2.71. The molecule has 6 heteroatoms. The first-order valence-electron chi connectivity index (χ1n) is 8.48. The maximum absolute atomic E-state index is 12.4. The highest BCUT2D eigenvalue weighted by Gasteiger charge is 2.09. The van der Waals surface area contributed by atoms with Gasteiger partial charge in [0.2, 0.25) is 0 Å². The van der Waals surface area contributed by atoms with Gasteiger partial charge in [-0.15, -0.1) is 0 Å². The van der Waals surface area contributed by atoms with E-state index in [2.05, 4.69) is 15.3 Å². The van der Waals surface area contributed by atoms with E-state index in [0.29, 0.717) is 23.4 Å². The summed E-state index contributed by atoms with van der Waals surface area (Å²) in [5.74, 6) is 0.211. The van der Waals surface area contributed by atoms with E-state index < -0.39 is 0 Å². The number of rotatable bonds is 7. The van der Waals surface area contributed by atoms with Crippen molar-refractivity contribution in [2.75, 3.05) is 6.61 Å². The molecule has 1 amide bonds. The minimum Gasteiger partial charge on any atom is -0.484 e. The number of benzene rings is 2. The number of hydrogen-bond donors (Lipinski definition) is 1. The van der Waals surface area contributed by atoms with Gasteiger partial charge in [0.25, 0.3) is 5.91 Å². The molecule has 0 spiro atoms. The molecule has 136 valence electrons. The quantitative estimate of drug-likeness (QED) is 0.655. The highest BCUT2D eigenvalue weighted by molar-refractivity contribution is 6.08. The molecular weight excluding hydrogens is 342 g/mol. The Hall–Kier alpha value is -3.54. The van der Waals surface area contributed by atoms with Crippen LogP contribution in [0.3, 0.4) is 0 Å². The van der Waals surface area contributed by atoms with Crippen LogP contribution in [0.15, 0.2) is 67.0 Å². The van der Waals surface area contributed by atoms with Crippen LogP contribution in [0.2, 0.25) is 0 Å². The van der Waals surface area contributed by atoms with Gasteiger partial charge in [-0.2, -0.15) is 0 Å². The number of aryl methyl sites for hydroxylation is 1. The summed E-state index contributed by atoms with van der Waals surface area (Å²) in [6.45, 7) is 2.06. The Kier molecular flexibility index (Phi) is 5.89. The summed E-state index contributed by atoms with van der Waals surface area (Å²) in [5, 5.41) is 2.74. The molecule has 1 aromatic heterocycles. The Morgan fingerprint density at radius 2 is 1.67 bits per heavy atom. The molecule has 0 atom stereocenters. The molecule has 3 rings (SSSR count). The largest absolute Gasteiger partial charge is 0.484 e. The molecule has 0 aliphatic heterocycles. The van der Waals surface area contributed by atoms with E-state index >= 15 is 0 Å². The normalized spacial score (nSPS) is 10.3. The number of ketones is 1. The van der Waals surface area contributed by atoms with Crippen molar-refractivity contribution in [1.29, 1.82) is 0 Å². The maximum Gasteiger partial charge on any atom is 0.258 e.